The van der Waals surface area contributed by atoms with Crippen LogP contribution in [0.4, 0.5) is 0 Å². The van der Waals surface area contributed by atoms with Gasteiger partial charge in [-0.3, -0.25) is 0 Å². The Morgan fingerprint density at radius 2 is 2.12 bits per heavy atom. The molecule has 1 atom stereocenters. The summed E-state index contributed by atoms with van der Waals surface area (Å²) in [7, 11) is 0. The second-order valence-corrected chi connectivity index (χ2v) is 4.22. The van der Waals surface area contributed by atoms with E-state index in [-0.39, 0.29) is 6.10 Å². The van der Waals surface area contributed by atoms with Gasteiger partial charge in [-0.15, -0.1) is 0 Å². The Labute approximate surface area is 104 Å². The maximum absolute atomic E-state index is 9.54. The molecule has 0 aromatic heterocycles. The molecule has 96 valence electrons. The molecule has 1 unspecified atom stereocenters. The molecule has 0 saturated carbocycles. The van der Waals surface area contributed by atoms with Gasteiger partial charge in [-0.2, -0.15) is 0 Å². The number of aryl methyl sites for hydroxylation is 1. The summed E-state index contributed by atoms with van der Waals surface area (Å²) in [4.78, 5) is 0. The van der Waals surface area contributed by atoms with Crippen molar-refractivity contribution in [1.29, 1.82) is 0 Å². The zero-order valence-electron chi connectivity index (χ0n) is 11.0. The van der Waals surface area contributed by atoms with Crippen LogP contribution >= 0.6 is 0 Å². The molecule has 1 rings (SSSR count). The largest absolute Gasteiger partial charge is 0.490 e. The van der Waals surface area contributed by atoms with Crippen LogP contribution in [0.2, 0.25) is 0 Å². The highest BCUT2D eigenvalue weighted by molar-refractivity contribution is 5.40. The van der Waals surface area contributed by atoms with Crippen LogP contribution in [-0.4, -0.2) is 24.4 Å². The molecule has 0 aliphatic rings. The van der Waals surface area contributed by atoms with Gasteiger partial charge in [0.05, 0.1) is 6.10 Å². The minimum atomic E-state index is -0.387. The number of para-hydroxylation sites is 1. The number of nitrogens with one attached hydrogen (secondary N) is 1. The van der Waals surface area contributed by atoms with E-state index < -0.39 is 0 Å². The monoisotopic (exact) mass is 237 g/mol. The van der Waals surface area contributed by atoms with Gasteiger partial charge in [-0.05, 0) is 25.5 Å². The van der Waals surface area contributed by atoms with Crippen molar-refractivity contribution < 1.29 is 9.84 Å². The molecule has 1 aromatic rings. The third-order valence-corrected chi connectivity index (χ3v) is 2.75. The van der Waals surface area contributed by atoms with Crippen LogP contribution < -0.4 is 10.1 Å². The number of benzene rings is 1. The summed E-state index contributed by atoms with van der Waals surface area (Å²) < 4.78 is 5.73. The van der Waals surface area contributed by atoms with Crippen LogP contribution in [0, 0.1) is 6.92 Å². The molecule has 0 saturated heterocycles. The number of aliphatic hydroxyl groups excluding tert-OH is 1. The van der Waals surface area contributed by atoms with E-state index in [1.807, 2.05) is 26.0 Å². The van der Waals surface area contributed by atoms with E-state index in [1.165, 1.54) is 0 Å². The summed E-state index contributed by atoms with van der Waals surface area (Å²) in [5.74, 6) is 0.904. The van der Waals surface area contributed by atoms with Gasteiger partial charge < -0.3 is 15.2 Å². The molecule has 0 amide bonds. The van der Waals surface area contributed by atoms with Gasteiger partial charge >= 0.3 is 0 Å². The second-order valence-electron chi connectivity index (χ2n) is 4.22. The summed E-state index contributed by atoms with van der Waals surface area (Å²) in [5.41, 5.74) is 2.26. The van der Waals surface area contributed by atoms with E-state index in [9.17, 15) is 5.11 Å². The smallest absolute Gasteiger partial charge is 0.126 e. The standard InChI is InChI=1S/C14H23NO2/c1-4-13(16)10-17-14-11(3)7-6-8-12(14)9-15-5-2/h6-8,13,15-16H,4-5,9-10H2,1-3H3. The van der Waals surface area contributed by atoms with Crippen LogP contribution in [0.25, 0.3) is 0 Å². The molecule has 0 fully saturated rings. The van der Waals surface area contributed by atoms with E-state index in [2.05, 4.69) is 18.3 Å². The summed E-state index contributed by atoms with van der Waals surface area (Å²) in [5, 5.41) is 12.8. The van der Waals surface area contributed by atoms with Crippen molar-refractivity contribution in [3.63, 3.8) is 0 Å². The molecule has 3 heteroatoms. The van der Waals surface area contributed by atoms with Crippen molar-refractivity contribution in [1.82, 2.24) is 5.32 Å². The highest BCUT2D eigenvalue weighted by Crippen LogP contribution is 2.23. The fourth-order valence-corrected chi connectivity index (χ4v) is 1.62. The van der Waals surface area contributed by atoms with Crippen LogP contribution in [0.1, 0.15) is 31.4 Å². The van der Waals surface area contributed by atoms with Crippen LogP contribution in [-0.2, 0) is 6.54 Å². The van der Waals surface area contributed by atoms with Crippen molar-refractivity contribution in [3.8, 4) is 5.75 Å². The van der Waals surface area contributed by atoms with Crippen molar-refractivity contribution >= 4 is 0 Å². The first-order valence-electron chi connectivity index (χ1n) is 6.29. The molecule has 0 radical (unpaired) electrons. The lowest BCUT2D eigenvalue weighted by molar-refractivity contribution is 0.103. The number of hydrogen-bond acceptors (Lipinski definition) is 3. The Hall–Kier alpha value is -1.06. The summed E-state index contributed by atoms with van der Waals surface area (Å²) in [6.07, 6.45) is 0.329. The fourth-order valence-electron chi connectivity index (χ4n) is 1.62. The molecule has 1 aromatic carbocycles. The van der Waals surface area contributed by atoms with E-state index in [1.54, 1.807) is 0 Å². The van der Waals surface area contributed by atoms with E-state index >= 15 is 0 Å². The highest BCUT2D eigenvalue weighted by Gasteiger charge is 2.08. The van der Waals surface area contributed by atoms with E-state index in [0.29, 0.717) is 13.0 Å². The Balaban J connectivity index is 2.72. The third-order valence-electron chi connectivity index (χ3n) is 2.75. The Bertz CT molecular complexity index is 339. The zero-order chi connectivity index (χ0) is 12.7. The predicted octanol–water partition coefficient (Wildman–Crippen LogP) is 2.25. The average molecular weight is 237 g/mol. The first-order valence-corrected chi connectivity index (χ1v) is 6.29. The normalized spacial score (nSPS) is 12.5. The number of ether oxygens (including phenoxy) is 1. The van der Waals surface area contributed by atoms with Gasteiger partial charge in [0.15, 0.2) is 0 Å². The maximum atomic E-state index is 9.54. The highest BCUT2D eigenvalue weighted by atomic mass is 16.5. The Kier molecular flexibility index (Phi) is 6.01. The van der Waals surface area contributed by atoms with Crippen LogP contribution in [0.15, 0.2) is 18.2 Å². The third kappa shape index (κ3) is 4.36. The van der Waals surface area contributed by atoms with Gasteiger partial charge in [0.2, 0.25) is 0 Å². The topological polar surface area (TPSA) is 41.5 Å². The SMILES string of the molecule is CCNCc1cccc(C)c1OCC(O)CC. The Morgan fingerprint density at radius 1 is 1.35 bits per heavy atom. The lowest BCUT2D eigenvalue weighted by Gasteiger charge is -2.16. The molecule has 0 heterocycles. The molecule has 0 aliphatic heterocycles. The molecular weight excluding hydrogens is 214 g/mol. The van der Waals surface area contributed by atoms with Crippen LogP contribution in [0.3, 0.4) is 0 Å². The molecule has 0 bridgehead atoms. The van der Waals surface area contributed by atoms with Gasteiger partial charge in [-0.1, -0.05) is 32.0 Å². The molecule has 0 aliphatic carbocycles. The number of hydrogen-bond donors (Lipinski definition) is 2. The number of aliphatic hydroxyl groups is 1. The van der Waals surface area contributed by atoms with Crippen molar-refractivity contribution in [3.05, 3.63) is 29.3 Å². The van der Waals surface area contributed by atoms with Crippen molar-refractivity contribution in [2.75, 3.05) is 13.2 Å². The van der Waals surface area contributed by atoms with E-state index in [0.717, 1.165) is 30.0 Å². The zero-order valence-corrected chi connectivity index (χ0v) is 11.0. The van der Waals surface area contributed by atoms with Gasteiger partial charge in [0, 0.05) is 12.1 Å². The molecule has 3 nitrogen and oxygen atoms in total. The molecular formula is C14H23NO2. The van der Waals surface area contributed by atoms with E-state index in [4.69, 9.17) is 4.74 Å². The van der Waals surface area contributed by atoms with Gasteiger partial charge in [0.1, 0.15) is 12.4 Å². The minimum Gasteiger partial charge on any atom is -0.490 e. The average Bonchev–Trinajstić information content (AvgIpc) is 2.34. The minimum absolute atomic E-state index is 0.362. The molecule has 0 spiro atoms. The van der Waals surface area contributed by atoms with Gasteiger partial charge in [0.25, 0.3) is 0 Å². The van der Waals surface area contributed by atoms with Crippen molar-refractivity contribution in [2.24, 2.45) is 0 Å². The lowest BCUT2D eigenvalue weighted by atomic mass is 10.1. The van der Waals surface area contributed by atoms with Crippen LogP contribution in [0.5, 0.6) is 5.75 Å². The maximum Gasteiger partial charge on any atom is 0.126 e. The lowest BCUT2D eigenvalue weighted by Crippen LogP contribution is -2.18. The summed E-state index contributed by atoms with van der Waals surface area (Å²) in [6.45, 7) is 8.16. The quantitative estimate of drug-likeness (QED) is 0.764. The summed E-state index contributed by atoms with van der Waals surface area (Å²) in [6, 6.07) is 6.12. The fraction of sp³-hybridized carbons (Fsp3) is 0.571. The molecule has 2 N–H and O–H groups in total. The summed E-state index contributed by atoms with van der Waals surface area (Å²) >= 11 is 0. The second kappa shape index (κ2) is 7.30. The Morgan fingerprint density at radius 3 is 2.76 bits per heavy atom. The van der Waals surface area contributed by atoms with Gasteiger partial charge in [-0.25, -0.2) is 0 Å². The first kappa shape index (κ1) is 14.0. The molecule has 17 heavy (non-hydrogen) atoms. The first-order chi connectivity index (χ1) is 8.19. The number of rotatable bonds is 7. The predicted molar refractivity (Wildman–Crippen MR) is 70.4 cm³/mol. The van der Waals surface area contributed by atoms with Crippen molar-refractivity contribution in [2.45, 2.75) is 39.8 Å².